The van der Waals surface area contributed by atoms with E-state index in [1.54, 1.807) is 30.3 Å². The van der Waals surface area contributed by atoms with Gasteiger partial charge in [0.05, 0.1) is 13.2 Å². The largest absolute Gasteiger partial charge is 0.508 e. The Hall–Kier alpha value is -3.46. The lowest BCUT2D eigenvalue weighted by atomic mass is 10.1. The van der Waals surface area contributed by atoms with Crippen LogP contribution in [0.3, 0.4) is 0 Å². The van der Waals surface area contributed by atoms with Gasteiger partial charge in [-0.3, -0.25) is 4.79 Å². The molecule has 140 valence electrons. The minimum absolute atomic E-state index is 0.0473. The monoisotopic (exact) mass is 366 g/mol. The molecule has 2 aromatic rings. The summed E-state index contributed by atoms with van der Waals surface area (Å²) in [4.78, 5) is 12.3. The first-order chi connectivity index (χ1) is 13.0. The third-order valence-electron chi connectivity index (χ3n) is 3.89. The highest BCUT2D eigenvalue weighted by atomic mass is 16.5. The molecule has 0 saturated heterocycles. The molecule has 27 heavy (non-hydrogen) atoms. The van der Waals surface area contributed by atoms with Crippen molar-refractivity contribution < 1.29 is 19.4 Å². The maximum atomic E-state index is 12.3. The van der Waals surface area contributed by atoms with Gasteiger partial charge in [0.1, 0.15) is 17.4 Å². The van der Waals surface area contributed by atoms with Crippen molar-refractivity contribution in [3.8, 4) is 23.3 Å². The minimum atomic E-state index is -0.540. The number of hydrogen-bond donors (Lipinski definition) is 2. The molecule has 1 atom stereocenters. The van der Waals surface area contributed by atoms with Gasteiger partial charge in [0, 0.05) is 5.69 Å². The lowest BCUT2D eigenvalue weighted by Gasteiger charge is -2.15. The van der Waals surface area contributed by atoms with Crippen LogP contribution in [-0.2, 0) is 4.79 Å². The molecule has 1 amide bonds. The minimum Gasteiger partial charge on any atom is -0.508 e. The van der Waals surface area contributed by atoms with Crippen LogP contribution >= 0.6 is 0 Å². The molecular formula is C21H22N2O4. The number of nitriles is 1. The lowest BCUT2D eigenvalue weighted by Crippen LogP contribution is -2.13. The number of rotatable bonds is 7. The van der Waals surface area contributed by atoms with Crippen LogP contribution in [0.4, 0.5) is 5.69 Å². The summed E-state index contributed by atoms with van der Waals surface area (Å²) in [6.07, 6.45) is 2.39. The number of nitrogens with one attached hydrogen (secondary N) is 1. The highest BCUT2D eigenvalue weighted by molar-refractivity contribution is 6.09. The van der Waals surface area contributed by atoms with Crippen LogP contribution in [-0.4, -0.2) is 24.2 Å². The maximum Gasteiger partial charge on any atom is 0.266 e. The summed E-state index contributed by atoms with van der Waals surface area (Å²) < 4.78 is 11.2. The Balaban J connectivity index is 2.22. The molecule has 0 spiro atoms. The summed E-state index contributed by atoms with van der Waals surface area (Å²) >= 11 is 0. The maximum absolute atomic E-state index is 12.3. The van der Waals surface area contributed by atoms with Crippen LogP contribution in [0.2, 0.25) is 0 Å². The van der Waals surface area contributed by atoms with E-state index in [1.807, 2.05) is 19.9 Å². The quantitative estimate of drug-likeness (QED) is 0.437. The molecule has 0 aliphatic carbocycles. The second-order valence-electron chi connectivity index (χ2n) is 5.92. The van der Waals surface area contributed by atoms with Crippen LogP contribution in [0, 0.1) is 11.3 Å². The van der Waals surface area contributed by atoms with Crippen LogP contribution < -0.4 is 14.8 Å². The van der Waals surface area contributed by atoms with Crippen LogP contribution in [0.15, 0.2) is 48.0 Å². The molecule has 2 rings (SSSR count). The van der Waals surface area contributed by atoms with Crippen molar-refractivity contribution >= 4 is 17.7 Å². The standard InChI is InChI=1S/C21H22N2O4/c1-4-14(2)27-19-10-5-15(12-20(19)26-3)11-16(13-22)21(25)23-17-6-8-18(24)9-7-17/h5-12,14,24H,4H2,1-3H3,(H,23,25). The number of ether oxygens (including phenoxy) is 2. The van der Waals surface area contributed by atoms with Gasteiger partial charge in [0.25, 0.3) is 5.91 Å². The Morgan fingerprint density at radius 1 is 1.26 bits per heavy atom. The van der Waals surface area contributed by atoms with Crippen LogP contribution in [0.5, 0.6) is 17.2 Å². The highest BCUT2D eigenvalue weighted by Gasteiger charge is 2.12. The van der Waals surface area contributed by atoms with Gasteiger partial charge in [-0.05, 0) is 61.4 Å². The first-order valence-electron chi connectivity index (χ1n) is 8.53. The zero-order valence-electron chi connectivity index (χ0n) is 15.5. The fourth-order valence-corrected chi connectivity index (χ4v) is 2.23. The van der Waals surface area contributed by atoms with E-state index in [4.69, 9.17) is 9.47 Å². The Kier molecular flexibility index (Phi) is 6.84. The summed E-state index contributed by atoms with van der Waals surface area (Å²) in [5, 5.41) is 21.2. The predicted molar refractivity (Wildman–Crippen MR) is 104 cm³/mol. The first-order valence-corrected chi connectivity index (χ1v) is 8.53. The van der Waals surface area contributed by atoms with Gasteiger partial charge in [-0.1, -0.05) is 13.0 Å². The summed E-state index contributed by atoms with van der Waals surface area (Å²) in [5.41, 5.74) is 1.07. The number of phenolic OH excluding ortho intramolecular Hbond substituents is 1. The van der Waals surface area contributed by atoms with E-state index in [9.17, 15) is 15.2 Å². The zero-order chi connectivity index (χ0) is 19.8. The van der Waals surface area contributed by atoms with E-state index < -0.39 is 5.91 Å². The second kappa shape index (κ2) is 9.30. The summed E-state index contributed by atoms with van der Waals surface area (Å²) in [6.45, 7) is 3.99. The van der Waals surface area contributed by atoms with Gasteiger partial charge < -0.3 is 19.9 Å². The Labute approximate surface area is 158 Å². The molecule has 0 bridgehead atoms. The number of nitrogens with zero attached hydrogens (tertiary/aromatic N) is 1. The number of hydrogen-bond acceptors (Lipinski definition) is 5. The predicted octanol–water partition coefficient (Wildman–Crippen LogP) is 4.12. The number of methoxy groups -OCH3 is 1. The van der Waals surface area contributed by atoms with Gasteiger partial charge in [0.2, 0.25) is 0 Å². The molecule has 1 unspecified atom stereocenters. The van der Waals surface area contributed by atoms with Gasteiger partial charge in [-0.25, -0.2) is 0 Å². The van der Waals surface area contributed by atoms with E-state index in [0.717, 1.165) is 6.42 Å². The van der Waals surface area contributed by atoms with Gasteiger partial charge in [0.15, 0.2) is 11.5 Å². The lowest BCUT2D eigenvalue weighted by molar-refractivity contribution is -0.112. The molecular weight excluding hydrogens is 344 g/mol. The van der Waals surface area contributed by atoms with Crippen molar-refractivity contribution in [2.45, 2.75) is 26.4 Å². The molecule has 2 aromatic carbocycles. The second-order valence-corrected chi connectivity index (χ2v) is 5.92. The number of amides is 1. The number of anilines is 1. The Bertz CT molecular complexity index is 867. The van der Waals surface area contributed by atoms with Gasteiger partial charge in [-0.15, -0.1) is 0 Å². The molecule has 0 aliphatic heterocycles. The third-order valence-corrected chi connectivity index (χ3v) is 3.89. The molecule has 6 heteroatoms. The van der Waals surface area contributed by atoms with Crippen LogP contribution in [0.25, 0.3) is 6.08 Å². The van der Waals surface area contributed by atoms with E-state index in [1.165, 1.54) is 25.3 Å². The SMILES string of the molecule is CCC(C)Oc1ccc(C=C(C#N)C(=O)Nc2ccc(O)cc2)cc1OC. The van der Waals surface area contributed by atoms with E-state index in [2.05, 4.69) is 5.32 Å². The third kappa shape index (κ3) is 5.51. The van der Waals surface area contributed by atoms with Crippen molar-refractivity contribution in [3.63, 3.8) is 0 Å². The molecule has 0 heterocycles. The highest BCUT2D eigenvalue weighted by Crippen LogP contribution is 2.30. The number of phenols is 1. The molecule has 0 saturated carbocycles. The average Bonchev–Trinajstić information content (AvgIpc) is 2.68. The topological polar surface area (TPSA) is 91.6 Å². The van der Waals surface area contributed by atoms with Crippen molar-refractivity contribution in [2.75, 3.05) is 12.4 Å². The smallest absolute Gasteiger partial charge is 0.266 e. The molecule has 0 radical (unpaired) electrons. The van der Waals surface area contributed by atoms with E-state index >= 15 is 0 Å². The van der Waals surface area contributed by atoms with Crippen molar-refractivity contribution in [1.82, 2.24) is 0 Å². The summed E-state index contributed by atoms with van der Waals surface area (Å²) in [7, 11) is 1.54. The van der Waals surface area contributed by atoms with Crippen molar-refractivity contribution in [1.29, 1.82) is 5.26 Å². The van der Waals surface area contributed by atoms with E-state index in [0.29, 0.717) is 22.7 Å². The van der Waals surface area contributed by atoms with Crippen molar-refractivity contribution in [3.05, 3.63) is 53.6 Å². The molecule has 6 nitrogen and oxygen atoms in total. The Morgan fingerprint density at radius 3 is 2.56 bits per heavy atom. The van der Waals surface area contributed by atoms with Gasteiger partial charge in [-0.2, -0.15) is 5.26 Å². The molecule has 0 aromatic heterocycles. The number of carbonyl (C=O) groups excluding carboxylic acids is 1. The molecule has 0 fully saturated rings. The molecule has 2 N–H and O–H groups in total. The fourth-order valence-electron chi connectivity index (χ4n) is 2.23. The molecule has 0 aliphatic rings. The fraction of sp³-hybridized carbons (Fsp3) is 0.238. The Morgan fingerprint density at radius 2 is 1.96 bits per heavy atom. The number of benzene rings is 2. The first kappa shape index (κ1) is 19.9. The zero-order valence-corrected chi connectivity index (χ0v) is 15.5. The average molecular weight is 366 g/mol. The number of aromatic hydroxyl groups is 1. The summed E-state index contributed by atoms with van der Waals surface area (Å²) in [5.74, 6) is 0.689. The summed E-state index contributed by atoms with van der Waals surface area (Å²) in [6, 6.07) is 13.1. The van der Waals surface area contributed by atoms with E-state index in [-0.39, 0.29) is 17.4 Å². The van der Waals surface area contributed by atoms with Crippen LogP contribution in [0.1, 0.15) is 25.8 Å². The van der Waals surface area contributed by atoms with Gasteiger partial charge >= 0.3 is 0 Å². The van der Waals surface area contributed by atoms with Crippen molar-refractivity contribution in [2.24, 2.45) is 0 Å². The number of carbonyl (C=O) groups is 1. The normalized spacial score (nSPS) is 12.0.